The standard InChI is InChI=1S/C14H26N2O3/c1-3-5-12(15)13(17)16-11-8-6-10(7-9-11)14(18)19-4-2/h10-12H,3-9,15H2,1-2H3,(H,16,17)/t10?,11?,12-/m1/s1. The number of hydrogen-bond acceptors (Lipinski definition) is 4. The molecule has 0 aliphatic heterocycles. The Labute approximate surface area is 115 Å². The number of rotatable bonds is 6. The number of nitrogens with two attached hydrogens (primary N) is 1. The van der Waals surface area contributed by atoms with Gasteiger partial charge in [-0.15, -0.1) is 0 Å². The zero-order valence-electron chi connectivity index (χ0n) is 12.0. The molecule has 0 bridgehead atoms. The highest BCUT2D eigenvalue weighted by Crippen LogP contribution is 2.25. The van der Waals surface area contributed by atoms with E-state index >= 15 is 0 Å². The van der Waals surface area contributed by atoms with Crippen LogP contribution in [-0.4, -0.2) is 30.6 Å². The molecule has 0 aromatic heterocycles. The van der Waals surface area contributed by atoms with Gasteiger partial charge in [-0.05, 0) is 39.0 Å². The lowest BCUT2D eigenvalue weighted by Gasteiger charge is -2.28. The molecule has 1 amide bonds. The maximum atomic E-state index is 11.8. The molecule has 0 aromatic rings. The molecule has 0 radical (unpaired) electrons. The van der Waals surface area contributed by atoms with Crippen molar-refractivity contribution in [2.75, 3.05) is 6.61 Å². The molecule has 1 aliphatic rings. The molecule has 1 saturated carbocycles. The summed E-state index contributed by atoms with van der Waals surface area (Å²) in [6.07, 6.45) is 4.84. The molecule has 0 aromatic carbocycles. The Hall–Kier alpha value is -1.10. The number of carbonyl (C=O) groups is 2. The van der Waals surface area contributed by atoms with Crippen LogP contribution in [0.2, 0.25) is 0 Å². The Balaban J connectivity index is 2.30. The van der Waals surface area contributed by atoms with Crippen molar-refractivity contribution in [3.8, 4) is 0 Å². The summed E-state index contributed by atoms with van der Waals surface area (Å²) in [6, 6.07) is -0.256. The molecule has 19 heavy (non-hydrogen) atoms. The third-order valence-electron chi connectivity index (χ3n) is 3.63. The van der Waals surface area contributed by atoms with Crippen molar-refractivity contribution in [3.05, 3.63) is 0 Å². The lowest BCUT2D eigenvalue weighted by molar-refractivity contribution is -0.149. The first-order chi connectivity index (χ1) is 9.08. The van der Waals surface area contributed by atoms with Crippen LogP contribution in [0.15, 0.2) is 0 Å². The second-order valence-corrected chi connectivity index (χ2v) is 5.20. The predicted octanol–water partition coefficient (Wildman–Crippen LogP) is 1.35. The normalized spacial score (nSPS) is 24.6. The van der Waals surface area contributed by atoms with Gasteiger partial charge in [-0.25, -0.2) is 0 Å². The Morgan fingerprint density at radius 1 is 1.26 bits per heavy atom. The summed E-state index contributed by atoms with van der Waals surface area (Å²) in [5.74, 6) is -0.172. The minimum atomic E-state index is -0.409. The van der Waals surface area contributed by atoms with Crippen molar-refractivity contribution in [2.24, 2.45) is 11.7 Å². The van der Waals surface area contributed by atoms with Crippen LogP contribution in [0.4, 0.5) is 0 Å². The van der Waals surface area contributed by atoms with Crippen LogP contribution in [0.1, 0.15) is 52.4 Å². The van der Waals surface area contributed by atoms with Crippen LogP contribution in [0.5, 0.6) is 0 Å². The topological polar surface area (TPSA) is 81.4 Å². The summed E-state index contributed by atoms with van der Waals surface area (Å²) >= 11 is 0. The van der Waals surface area contributed by atoms with E-state index < -0.39 is 6.04 Å². The van der Waals surface area contributed by atoms with Crippen LogP contribution in [0.25, 0.3) is 0 Å². The molecule has 0 spiro atoms. The van der Waals surface area contributed by atoms with Crippen molar-refractivity contribution in [3.63, 3.8) is 0 Å². The molecular weight excluding hydrogens is 244 g/mol. The highest BCUT2D eigenvalue weighted by molar-refractivity contribution is 5.81. The summed E-state index contributed by atoms with van der Waals surface area (Å²) in [5.41, 5.74) is 5.77. The van der Waals surface area contributed by atoms with Crippen LogP contribution < -0.4 is 11.1 Å². The van der Waals surface area contributed by atoms with E-state index in [4.69, 9.17) is 10.5 Å². The summed E-state index contributed by atoms with van der Waals surface area (Å²) in [4.78, 5) is 23.4. The summed E-state index contributed by atoms with van der Waals surface area (Å²) < 4.78 is 5.02. The van der Waals surface area contributed by atoms with Gasteiger partial charge < -0.3 is 15.8 Å². The van der Waals surface area contributed by atoms with Crippen LogP contribution in [0, 0.1) is 5.92 Å². The average Bonchev–Trinajstić information content (AvgIpc) is 2.40. The van der Waals surface area contributed by atoms with Crippen LogP contribution >= 0.6 is 0 Å². The van der Waals surface area contributed by atoms with E-state index in [1.54, 1.807) is 0 Å². The van der Waals surface area contributed by atoms with E-state index in [2.05, 4.69) is 5.32 Å². The molecule has 5 nitrogen and oxygen atoms in total. The fourth-order valence-electron chi connectivity index (χ4n) is 2.48. The maximum Gasteiger partial charge on any atom is 0.308 e. The Bertz CT molecular complexity index is 299. The number of esters is 1. The SMILES string of the molecule is CCC[C@@H](N)C(=O)NC1CCC(C(=O)OCC)CC1. The van der Waals surface area contributed by atoms with Gasteiger partial charge in [0, 0.05) is 6.04 Å². The minimum Gasteiger partial charge on any atom is -0.466 e. The third-order valence-corrected chi connectivity index (χ3v) is 3.63. The monoisotopic (exact) mass is 270 g/mol. The van der Waals surface area contributed by atoms with E-state index in [1.807, 2.05) is 13.8 Å². The summed E-state index contributed by atoms with van der Waals surface area (Å²) in [7, 11) is 0. The number of ether oxygens (including phenoxy) is 1. The molecule has 1 aliphatic carbocycles. The van der Waals surface area contributed by atoms with Crippen molar-refractivity contribution in [1.82, 2.24) is 5.32 Å². The molecule has 0 saturated heterocycles. The fourth-order valence-corrected chi connectivity index (χ4v) is 2.48. The highest BCUT2D eigenvalue weighted by atomic mass is 16.5. The van der Waals surface area contributed by atoms with E-state index in [0.717, 1.165) is 32.1 Å². The van der Waals surface area contributed by atoms with E-state index in [1.165, 1.54) is 0 Å². The first kappa shape index (κ1) is 16.0. The van der Waals surface area contributed by atoms with Gasteiger partial charge in [0.2, 0.25) is 5.91 Å². The Morgan fingerprint density at radius 2 is 1.89 bits per heavy atom. The number of nitrogens with one attached hydrogen (secondary N) is 1. The first-order valence-electron chi connectivity index (χ1n) is 7.31. The molecule has 1 atom stereocenters. The van der Waals surface area contributed by atoms with Crippen molar-refractivity contribution < 1.29 is 14.3 Å². The Kier molecular flexibility index (Phi) is 6.84. The lowest BCUT2D eigenvalue weighted by atomic mass is 9.86. The molecule has 110 valence electrons. The van der Waals surface area contributed by atoms with Crippen LogP contribution in [-0.2, 0) is 14.3 Å². The molecule has 5 heteroatoms. The molecule has 0 unspecified atom stereocenters. The van der Waals surface area contributed by atoms with E-state index in [-0.39, 0.29) is 23.8 Å². The number of hydrogen-bond donors (Lipinski definition) is 2. The largest absolute Gasteiger partial charge is 0.466 e. The lowest BCUT2D eigenvalue weighted by Crippen LogP contribution is -2.46. The fraction of sp³-hybridized carbons (Fsp3) is 0.857. The molecule has 1 rings (SSSR count). The minimum absolute atomic E-state index is 0.00239. The molecular formula is C14H26N2O3. The van der Waals surface area contributed by atoms with Gasteiger partial charge in [-0.2, -0.15) is 0 Å². The van der Waals surface area contributed by atoms with E-state index in [9.17, 15) is 9.59 Å². The van der Waals surface area contributed by atoms with Gasteiger partial charge in [0.05, 0.1) is 18.6 Å². The van der Waals surface area contributed by atoms with Crippen molar-refractivity contribution in [2.45, 2.75) is 64.5 Å². The molecule has 1 fully saturated rings. The quantitative estimate of drug-likeness (QED) is 0.714. The number of amides is 1. The summed E-state index contributed by atoms with van der Waals surface area (Å²) in [5, 5.41) is 2.98. The van der Waals surface area contributed by atoms with Crippen molar-refractivity contribution >= 4 is 11.9 Å². The zero-order chi connectivity index (χ0) is 14.3. The third kappa shape index (κ3) is 5.19. The second kappa shape index (κ2) is 8.15. The predicted molar refractivity (Wildman–Crippen MR) is 73.4 cm³/mol. The second-order valence-electron chi connectivity index (χ2n) is 5.20. The van der Waals surface area contributed by atoms with Gasteiger partial charge in [-0.1, -0.05) is 13.3 Å². The number of carbonyl (C=O) groups excluding carboxylic acids is 2. The van der Waals surface area contributed by atoms with Crippen molar-refractivity contribution in [1.29, 1.82) is 0 Å². The van der Waals surface area contributed by atoms with Gasteiger partial charge in [0.25, 0.3) is 0 Å². The van der Waals surface area contributed by atoms with Gasteiger partial charge >= 0.3 is 5.97 Å². The average molecular weight is 270 g/mol. The van der Waals surface area contributed by atoms with Crippen LogP contribution in [0.3, 0.4) is 0 Å². The Morgan fingerprint density at radius 3 is 2.42 bits per heavy atom. The molecule has 3 N–H and O–H groups in total. The summed E-state index contributed by atoms with van der Waals surface area (Å²) in [6.45, 7) is 4.26. The van der Waals surface area contributed by atoms with Gasteiger partial charge in [-0.3, -0.25) is 9.59 Å². The van der Waals surface area contributed by atoms with E-state index in [0.29, 0.717) is 13.0 Å². The highest BCUT2D eigenvalue weighted by Gasteiger charge is 2.28. The molecule has 0 heterocycles. The van der Waals surface area contributed by atoms with Gasteiger partial charge in [0.1, 0.15) is 0 Å². The first-order valence-corrected chi connectivity index (χ1v) is 7.31. The zero-order valence-corrected chi connectivity index (χ0v) is 12.0. The smallest absolute Gasteiger partial charge is 0.308 e. The van der Waals surface area contributed by atoms with Gasteiger partial charge in [0.15, 0.2) is 0 Å². The maximum absolute atomic E-state index is 11.8.